The summed E-state index contributed by atoms with van der Waals surface area (Å²) < 4.78 is 4.55. The van der Waals surface area contributed by atoms with E-state index in [-0.39, 0.29) is 16.8 Å². The van der Waals surface area contributed by atoms with Gasteiger partial charge in [-0.2, -0.15) is 0 Å². The van der Waals surface area contributed by atoms with Gasteiger partial charge in [0.1, 0.15) is 0 Å². The first kappa shape index (κ1) is 10.3. The van der Waals surface area contributed by atoms with E-state index in [9.17, 15) is 14.4 Å². The van der Waals surface area contributed by atoms with Gasteiger partial charge in [-0.25, -0.2) is 4.79 Å². The predicted octanol–water partition coefficient (Wildman–Crippen LogP) is 0.799. The van der Waals surface area contributed by atoms with Gasteiger partial charge >= 0.3 is 5.97 Å². The molecule has 0 heterocycles. The summed E-state index contributed by atoms with van der Waals surface area (Å²) in [6.07, 6.45) is 1.19. The standard InChI is InChI=1S/C12H8O4/c1-16-12(15)10-6-11(14)8-4-2-3-7(13)5-9(8)10/h2-6H,1H3. The van der Waals surface area contributed by atoms with Crippen LogP contribution in [0.3, 0.4) is 0 Å². The zero-order valence-electron chi connectivity index (χ0n) is 8.52. The lowest BCUT2D eigenvalue weighted by molar-refractivity contribution is -0.133. The van der Waals surface area contributed by atoms with Crippen molar-refractivity contribution in [2.45, 2.75) is 0 Å². The van der Waals surface area contributed by atoms with E-state index in [0.29, 0.717) is 11.1 Å². The SMILES string of the molecule is COC(=O)C1=CC(=O)c2cccc(=O)cc21. The summed E-state index contributed by atoms with van der Waals surface area (Å²) in [4.78, 5) is 34.3. The number of carbonyl (C=O) groups excluding carboxylic acids is 2. The van der Waals surface area contributed by atoms with E-state index < -0.39 is 5.97 Å². The molecule has 1 aliphatic carbocycles. The number of ether oxygens (including phenoxy) is 1. The van der Waals surface area contributed by atoms with Gasteiger partial charge < -0.3 is 4.74 Å². The molecule has 1 aliphatic rings. The van der Waals surface area contributed by atoms with Crippen molar-refractivity contribution in [2.24, 2.45) is 0 Å². The van der Waals surface area contributed by atoms with Crippen LogP contribution in [-0.2, 0) is 9.53 Å². The Labute approximate surface area is 91.2 Å². The fraction of sp³-hybridized carbons (Fsp3) is 0.0833. The first-order valence-corrected chi connectivity index (χ1v) is 4.62. The van der Waals surface area contributed by atoms with Crippen molar-refractivity contribution >= 4 is 17.3 Å². The van der Waals surface area contributed by atoms with E-state index in [0.717, 1.165) is 0 Å². The lowest BCUT2D eigenvalue weighted by Crippen LogP contribution is -2.03. The Kier molecular flexibility index (Phi) is 2.40. The number of allylic oxidation sites excluding steroid dienone is 1. The largest absolute Gasteiger partial charge is 0.465 e. The van der Waals surface area contributed by atoms with Crippen molar-refractivity contribution in [3.8, 4) is 0 Å². The van der Waals surface area contributed by atoms with Gasteiger partial charge in [-0.1, -0.05) is 12.1 Å². The average Bonchev–Trinajstić information content (AvgIpc) is 2.47. The molecule has 0 atom stereocenters. The van der Waals surface area contributed by atoms with Crippen LogP contribution in [0.2, 0.25) is 0 Å². The first-order valence-electron chi connectivity index (χ1n) is 4.62. The van der Waals surface area contributed by atoms with Crippen LogP contribution in [0.5, 0.6) is 0 Å². The molecule has 0 N–H and O–H groups in total. The Hall–Kier alpha value is -2.23. The molecule has 0 saturated carbocycles. The van der Waals surface area contributed by atoms with Crippen LogP contribution in [0.4, 0.5) is 0 Å². The fourth-order valence-corrected chi connectivity index (χ4v) is 1.60. The van der Waals surface area contributed by atoms with Crippen LogP contribution in [0, 0.1) is 0 Å². The zero-order chi connectivity index (χ0) is 11.7. The van der Waals surface area contributed by atoms with Crippen LogP contribution < -0.4 is 5.43 Å². The minimum absolute atomic E-state index is 0.135. The Morgan fingerprint density at radius 3 is 2.62 bits per heavy atom. The summed E-state index contributed by atoms with van der Waals surface area (Å²) in [5.74, 6) is -0.899. The summed E-state index contributed by atoms with van der Waals surface area (Å²) in [5, 5.41) is 0. The molecule has 0 fully saturated rings. The summed E-state index contributed by atoms with van der Waals surface area (Å²) in [6, 6.07) is 5.61. The second-order valence-electron chi connectivity index (χ2n) is 3.31. The molecule has 4 heteroatoms. The van der Waals surface area contributed by atoms with Gasteiger partial charge in [0.15, 0.2) is 11.2 Å². The molecule has 1 aromatic carbocycles. The third-order valence-corrected chi connectivity index (χ3v) is 2.34. The summed E-state index contributed by atoms with van der Waals surface area (Å²) in [5.41, 5.74) is 0.566. The molecule has 1 aromatic rings. The van der Waals surface area contributed by atoms with Crippen LogP contribution in [0.1, 0.15) is 15.9 Å². The quantitative estimate of drug-likeness (QED) is 0.651. The molecule has 0 unspecified atom stereocenters. The molecule has 4 nitrogen and oxygen atoms in total. The Balaban J connectivity index is 2.69. The molecule has 0 amide bonds. The van der Waals surface area contributed by atoms with Crippen LogP contribution >= 0.6 is 0 Å². The number of carbonyl (C=O) groups is 2. The molecule has 16 heavy (non-hydrogen) atoms. The van der Waals surface area contributed by atoms with Crippen molar-refractivity contribution in [3.05, 3.63) is 51.7 Å². The van der Waals surface area contributed by atoms with Gasteiger partial charge in [0, 0.05) is 17.2 Å². The highest BCUT2D eigenvalue weighted by Gasteiger charge is 2.25. The molecule has 0 bridgehead atoms. The normalized spacial score (nSPS) is 13.1. The number of fused-ring (bicyclic) bond motifs is 1. The monoisotopic (exact) mass is 216 g/mol. The first-order chi connectivity index (χ1) is 7.63. The second-order valence-corrected chi connectivity index (χ2v) is 3.31. The summed E-state index contributed by atoms with van der Waals surface area (Å²) >= 11 is 0. The highest BCUT2D eigenvalue weighted by atomic mass is 16.5. The lowest BCUT2D eigenvalue weighted by Gasteiger charge is -1.99. The third-order valence-electron chi connectivity index (χ3n) is 2.34. The van der Waals surface area contributed by atoms with Crippen molar-refractivity contribution in [1.29, 1.82) is 0 Å². The van der Waals surface area contributed by atoms with Gasteiger partial charge in [0.05, 0.1) is 12.7 Å². The van der Waals surface area contributed by atoms with Gasteiger partial charge in [0.2, 0.25) is 0 Å². The maximum atomic E-state index is 11.6. The van der Waals surface area contributed by atoms with Gasteiger partial charge in [-0.3, -0.25) is 9.59 Å². The van der Waals surface area contributed by atoms with Gasteiger partial charge in [-0.15, -0.1) is 0 Å². The third kappa shape index (κ3) is 1.54. The number of hydrogen-bond donors (Lipinski definition) is 0. The molecule has 80 valence electrons. The average molecular weight is 216 g/mol. The van der Waals surface area contributed by atoms with E-state index in [2.05, 4.69) is 4.74 Å². The van der Waals surface area contributed by atoms with Crippen molar-refractivity contribution in [2.75, 3.05) is 7.11 Å². The van der Waals surface area contributed by atoms with Crippen molar-refractivity contribution in [1.82, 2.24) is 0 Å². The van der Waals surface area contributed by atoms with E-state index >= 15 is 0 Å². The van der Waals surface area contributed by atoms with E-state index in [1.54, 1.807) is 0 Å². The minimum Gasteiger partial charge on any atom is -0.465 e. The minimum atomic E-state index is -0.613. The van der Waals surface area contributed by atoms with Crippen molar-refractivity contribution < 1.29 is 14.3 Å². The molecule has 0 aliphatic heterocycles. The van der Waals surface area contributed by atoms with Gasteiger partial charge in [0.25, 0.3) is 0 Å². The lowest BCUT2D eigenvalue weighted by atomic mass is 10.1. The number of esters is 1. The number of rotatable bonds is 1. The smallest absolute Gasteiger partial charge is 0.338 e. The second kappa shape index (κ2) is 3.73. The molecular formula is C12H8O4. The van der Waals surface area contributed by atoms with E-state index in [1.807, 2.05) is 0 Å². The van der Waals surface area contributed by atoms with E-state index in [1.165, 1.54) is 37.5 Å². The Bertz CT molecular complexity index is 569. The highest BCUT2D eigenvalue weighted by molar-refractivity contribution is 6.30. The van der Waals surface area contributed by atoms with Crippen LogP contribution in [0.15, 0.2) is 35.1 Å². The topological polar surface area (TPSA) is 60.4 Å². The maximum Gasteiger partial charge on any atom is 0.338 e. The van der Waals surface area contributed by atoms with Crippen LogP contribution in [0.25, 0.3) is 5.57 Å². The molecule has 0 radical (unpaired) electrons. The predicted molar refractivity (Wildman–Crippen MR) is 57.0 cm³/mol. The maximum absolute atomic E-state index is 11.6. The number of hydrogen-bond acceptors (Lipinski definition) is 4. The van der Waals surface area contributed by atoms with Crippen molar-refractivity contribution in [3.63, 3.8) is 0 Å². The summed E-state index contributed by atoms with van der Waals surface area (Å²) in [7, 11) is 1.23. The molecule has 0 aromatic heterocycles. The molecule has 2 rings (SSSR count). The fourth-order valence-electron chi connectivity index (χ4n) is 1.60. The highest BCUT2D eigenvalue weighted by Crippen LogP contribution is 2.26. The molecule has 0 saturated heterocycles. The van der Waals surface area contributed by atoms with E-state index in [4.69, 9.17) is 0 Å². The molecular weight excluding hydrogens is 208 g/mol. The summed E-state index contributed by atoms with van der Waals surface area (Å²) in [6.45, 7) is 0. The van der Waals surface area contributed by atoms with Gasteiger partial charge in [-0.05, 0) is 12.1 Å². The Morgan fingerprint density at radius 2 is 1.94 bits per heavy atom. The zero-order valence-corrected chi connectivity index (χ0v) is 8.52. The Morgan fingerprint density at radius 1 is 1.19 bits per heavy atom. The molecule has 0 spiro atoms. The number of ketones is 1. The number of methoxy groups -OCH3 is 1. The van der Waals surface area contributed by atoms with Crippen LogP contribution in [-0.4, -0.2) is 18.9 Å².